The summed E-state index contributed by atoms with van der Waals surface area (Å²) in [5, 5.41) is 0. The molecule has 26 heavy (non-hydrogen) atoms. The van der Waals surface area contributed by atoms with Gasteiger partial charge in [0.1, 0.15) is 12.4 Å². The van der Waals surface area contributed by atoms with Crippen LogP contribution in [0.3, 0.4) is 0 Å². The van der Waals surface area contributed by atoms with Gasteiger partial charge in [-0.2, -0.15) is 0 Å². The lowest BCUT2D eigenvalue weighted by atomic mass is 9.73. The Balaban J connectivity index is 1.35. The Hall–Kier alpha value is -1.84. The van der Waals surface area contributed by atoms with Gasteiger partial charge < -0.3 is 9.64 Å². The second-order valence-electron chi connectivity index (χ2n) is 8.32. The predicted molar refractivity (Wildman–Crippen MR) is 99.6 cm³/mol. The van der Waals surface area contributed by atoms with E-state index in [0.29, 0.717) is 18.3 Å². The first-order valence-electron chi connectivity index (χ1n) is 10.2. The summed E-state index contributed by atoms with van der Waals surface area (Å²) >= 11 is 0. The van der Waals surface area contributed by atoms with Crippen molar-refractivity contribution >= 4 is 11.9 Å². The van der Waals surface area contributed by atoms with Crippen LogP contribution in [0.25, 0.3) is 0 Å². The maximum absolute atomic E-state index is 12.7. The number of ketones is 1. The van der Waals surface area contributed by atoms with Crippen molar-refractivity contribution in [2.75, 3.05) is 0 Å². The molecule has 3 fully saturated rings. The molecule has 0 spiro atoms. The minimum atomic E-state index is -0.201. The van der Waals surface area contributed by atoms with Crippen molar-refractivity contribution in [1.82, 2.24) is 4.90 Å². The molecule has 1 amide bonds. The molecular formula is C22H29NO3. The van der Waals surface area contributed by atoms with E-state index in [-0.39, 0.29) is 24.1 Å². The van der Waals surface area contributed by atoms with E-state index in [9.17, 15) is 9.59 Å². The summed E-state index contributed by atoms with van der Waals surface area (Å²) in [6.07, 6.45) is 9.14. The van der Waals surface area contributed by atoms with Crippen LogP contribution in [0.5, 0.6) is 0 Å². The molecular weight excluding hydrogens is 326 g/mol. The quantitative estimate of drug-likeness (QED) is 0.768. The van der Waals surface area contributed by atoms with Gasteiger partial charge in [-0.1, -0.05) is 49.6 Å². The summed E-state index contributed by atoms with van der Waals surface area (Å²) in [7, 11) is 0. The third-order valence-electron chi connectivity index (χ3n) is 6.56. The van der Waals surface area contributed by atoms with E-state index in [4.69, 9.17) is 4.74 Å². The van der Waals surface area contributed by atoms with Gasteiger partial charge in [-0.05, 0) is 43.6 Å². The highest BCUT2D eigenvalue weighted by atomic mass is 16.6. The molecule has 2 unspecified atom stereocenters. The third kappa shape index (κ3) is 3.79. The highest BCUT2D eigenvalue weighted by Gasteiger charge is 2.43. The fourth-order valence-corrected chi connectivity index (χ4v) is 4.88. The summed E-state index contributed by atoms with van der Waals surface area (Å²) in [6.45, 7) is 0.319. The Labute approximate surface area is 155 Å². The number of fused-ring (bicyclic) bond motifs is 2. The van der Waals surface area contributed by atoms with E-state index in [0.717, 1.165) is 44.1 Å². The fourth-order valence-electron chi connectivity index (χ4n) is 4.88. The first-order chi connectivity index (χ1) is 12.7. The Morgan fingerprint density at radius 1 is 0.962 bits per heavy atom. The van der Waals surface area contributed by atoms with Crippen LogP contribution in [0, 0.1) is 11.8 Å². The number of ether oxygens (including phenoxy) is 1. The zero-order valence-electron chi connectivity index (χ0n) is 15.4. The molecule has 3 aliphatic rings. The minimum Gasteiger partial charge on any atom is -0.445 e. The van der Waals surface area contributed by atoms with Crippen LogP contribution in [-0.4, -0.2) is 28.9 Å². The van der Waals surface area contributed by atoms with Gasteiger partial charge in [0.05, 0.1) is 0 Å². The number of benzene rings is 1. The van der Waals surface area contributed by atoms with Gasteiger partial charge in [0.15, 0.2) is 0 Å². The van der Waals surface area contributed by atoms with Crippen LogP contribution in [0.15, 0.2) is 30.3 Å². The van der Waals surface area contributed by atoms with Crippen LogP contribution in [0.1, 0.15) is 63.4 Å². The molecule has 4 heteroatoms. The number of hydrogen-bond donors (Lipinski definition) is 0. The zero-order chi connectivity index (χ0) is 17.9. The second kappa shape index (κ2) is 7.81. The molecule has 2 heterocycles. The molecule has 140 valence electrons. The molecule has 2 atom stereocenters. The lowest BCUT2D eigenvalue weighted by Gasteiger charge is -2.48. The smallest absolute Gasteiger partial charge is 0.410 e. The Morgan fingerprint density at radius 2 is 1.62 bits per heavy atom. The molecule has 2 saturated heterocycles. The van der Waals surface area contributed by atoms with Gasteiger partial charge in [0, 0.05) is 24.4 Å². The van der Waals surface area contributed by atoms with E-state index in [2.05, 4.69) is 0 Å². The molecule has 2 bridgehead atoms. The topological polar surface area (TPSA) is 46.6 Å². The number of Topliss-reactive ketones (excluding diaryl/α,β-unsaturated/α-hetero) is 1. The van der Waals surface area contributed by atoms with Crippen molar-refractivity contribution in [3.8, 4) is 0 Å². The molecule has 0 N–H and O–H groups in total. The standard InChI is InChI=1S/C22H29NO3/c24-21(12-16-8-4-9-16)18-13-19-10-5-11-20(14-18)23(19)22(25)26-15-17-6-2-1-3-7-17/h1-3,6-7,16,18-20H,4-5,8-15H2. The van der Waals surface area contributed by atoms with E-state index in [1.165, 1.54) is 19.3 Å². The van der Waals surface area contributed by atoms with E-state index < -0.39 is 0 Å². The lowest BCUT2D eigenvalue weighted by molar-refractivity contribution is -0.128. The van der Waals surface area contributed by atoms with Crippen LogP contribution in [-0.2, 0) is 16.1 Å². The second-order valence-corrected chi connectivity index (χ2v) is 8.32. The number of hydrogen-bond acceptors (Lipinski definition) is 3. The van der Waals surface area contributed by atoms with Crippen LogP contribution >= 0.6 is 0 Å². The normalized spacial score (nSPS) is 28.3. The van der Waals surface area contributed by atoms with Crippen LogP contribution < -0.4 is 0 Å². The van der Waals surface area contributed by atoms with E-state index in [1.54, 1.807) is 0 Å². The average molecular weight is 355 g/mol. The number of carbonyl (C=O) groups is 2. The molecule has 1 aromatic rings. The first-order valence-corrected chi connectivity index (χ1v) is 10.2. The Bertz CT molecular complexity index is 626. The summed E-state index contributed by atoms with van der Waals surface area (Å²) in [5.74, 6) is 1.24. The molecule has 0 aromatic heterocycles. The van der Waals surface area contributed by atoms with E-state index >= 15 is 0 Å². The van der Waals surface area contributed by atoms with Gasteiger partial charge in [-0.3, -0.25) is 4.79 Å². The summed E-state index contributed by atoms with van der Waals surface area (Å²) < 4.78 is 5.59. The van der Waals surface area contributed by atoms with Gasteiger partial charge in [0.25, 0.3) is 0 Å². The number of amides is 1. The largest absolute Gasteiger partial charge is 0.445 e. The van der Waals surface area contributed by atoms with Gasteiger partial charge in [-0.15, -0.1) is 0 Å². The summed E-state index contributed by atoms with van der Waals surface area (Å²) in [6, 6.07) is 10.2. The van der Waals surface area contributed by atoms with Crippen molar-refractivity contribution in [2.45, 2.75) is 76.5 Å². The maximum Gasteiger partial charge on any atom is 0.410 e. The van der Waals surface area contributed by atoms with Crippen molar-refractivity contribution in [3.63, 3.8) is 0 Å². The molecule has 1 saturated carbocycles. The van der Waals surface area contributed by atoms with Gasteiger partial charge in [0.2, 0.25) is 0 Å². The first kappa shape index (κ1) is 17.6. The van der Waals surface area contributed by atoms with E-state index in [1.807, 2.05) is 35.2 Å². The molecule has 1 aliphatic carbocycles. The summed E-state index contributed by atoms with van der Waals surface area (Å²) in [4.78, 5) is 27.4. The third-order valence-corrected chi connectivity index (χ3v) is 6.56. The van der Waals surface area contributed by atoms with Crippen molar-refractivity contribution in [3.05, 3.63) is 35.9 Å². The SMILES string of the molecule is O=C(CC1CCC1)C1CC2CCCC(C1)N2C(=O)OCc1ccccc1. The lowest BCUT2D eigenvalue weighted by Crippen LogP contribution is -2.55. The Morgan fingerprint density at radius 3 is 2.23 bits per heavy atom. The predicted octanol–water partition coefficient (Wildman–Crippen LogP) is 4.72. The molecule has 2 aliphatic heterocycles. The summed E-state index contributed by atoms with van der Waals surface area (Å²) in [5.41, 5.74) is 1.01. The van der Waals surface area contributed by atoms with Crippen molar-refractivity contribution < 1.29 is 14.3 Å². The number of carbonyl (C=O) groups excluding carboxylic acids is 2. The van der Waals surface area contributed by atoms with Gasteiger partial charge >= 0.3 is 6.09 Å². The molecule has 4 nitrogen and oxygen atoms in total. The molecule has 0 radical (unpaired) electrons. The highest BCUT2D eigenvalue weighted by Crippen LogP contribution is 2.40. The van der Waals surface area contributed by atoms with Crippen molar-refractivity contribution in [2.24, 2.45) is 11.8 Å². The molecule has 4 rings (SSSR count). The fraction of sp³-hybridized carbons (Fsp3) is 0.636. The highest BCUT2D eigenvalue weighted by molar-refractivity contribution is 5.82. The minimum absolute atomic E-state index is 0.157. The maximum atomic E-state index is 12.7. The number of nitrogens with zero attached hydrogens (tertiary/aromatic N) is 1. The Kier molecular flexibility index (Phi) is 5.28. The molecule has 1 aromatic carbocycles. The van der Waals surface area contributed by atoms with Gasteiger partial charge in [-0.25, -0.2) is 4.79 Å². The number of piperidine rings is 2. The monoisotopic (exact) mass is 355 g/mol. The van der Waals surface area contributed by atoms with Crippen molar-refractivity contribution in [1.29, 1.82) is 0 Å². The van der Waals surface area contributed by atoms with Crippen LogP contribution in [0.4, 0.5) is 4.79 Å². The average Bonchev–Trinajstić information content (AvgIpc) is 2.62. The van der Waals surface area contributed by atoms with Crippen LogP contribution in [0.2, 0.25) is 0 Å². The number of rotatable bonds is 5. The zero-order valence-corrected chi connectivity index (χ0v) is 15.4.